The molecule has 0 saturated heterocycles. The van der Waals surface area contributed by atoms with Crippen LogP contribution in [0.3, 0.4) is 0 Å². The van der Waals surface area contributed by atoms with Crippen LogP contribution in [0, 0.1) is 5.82 Å². The number of hydrogen-bond donors (Lipinski definition) is 1. The zero-order chi connectivity index (χ0) is 13.4. The van der Waals surface area contributed by atoms with E-state index in [0.717, 1.165) is 6.20 Å². The molecule has 3 aromatic rings. The molecule has 0 fully saturated rings. The van der Waals surface area contributed by atoms with Gasteiger partial charge in [0, 0.05) is 10.6 Å². The lowest BCUT2D eigenvalue weighted by atomic mass is 10.0. The third-order valence-electron chi connectivity index (χ3n) is 2.75. The first-order valence-corrected chi connectivity index (χ1v) is 5.85. The highest BCUT2D eigenvalue weighted by Crippen LogP contribution is 2.31. The molecule has 0 atom stereocenters. The minimum absolute atomic E-state index is 0.216. The van der Waals surface area contributed by atoms with Crippen LogP contribution in [0.5, 0.6) is 0 Å². The Hall–Kier alpha value is -2.27. The SMILES string of the molecule is Nc1ncnc2c(-c3cccc(Cl)c3)c(F)cnc12. The predicted octanol–water partition coefficient (Wildman–Crippen LogP) is 3.07. The van der Waals surface area contributed by atoms with Gasteiger partial charge in [-0.25, -0.2) is 19.3 Å². The van der Waals surface area contributed by atoms with E-state index in [0.29, 0.717) is 27.2 Å². The van der Waals surface area contributed by atoms with Crippen LogP contribution in [0.4, 0.5) is 10.2 Å². The van der Waals surface area contributed by atoms with Crippen molar-refractivity contribution in [3.8, 4) is 11.1 Å². The summed E-state index contributed by atoms with van der Waals surface area (Å²) in [6, 6.07) is 6.88. The van der Waals surface area contributed by atoms with Crippen molar-refractivity contribution in [1.29, 1.82) is 0 Å². The summed E-state index contributed by atoms with van der Waals surface area (Å²) in [4.78, 5) is 11.8. The summed E-state index contributed by atoms with van der Waals surface area (Å²) in [5, 5.41) is 0.517. The van der Waals surface area contributed by atoms with Gasteiger partial charge < -0.3 is 5.73 Å². The molecule has 0 amide bonds. The predicted molar refractivity (Wildman–Crippen MR) is 72.1 cm³/mol. The molecule has 2 N–H and O–H groups in total. The fourth-order valence-electron chi connectivity index (χ4n) is 1.92. The van der Waals surface area contributed by atoms with Crippen molar-refractivity contribution in [3.63, 3.8) is 0 Å². The molecule has 0 aliphatic rings. The van der Waals surface area contributed by atoms with E-state index in [1.54, 1.807) is 24.3 Å². The standard InChI is InChI=1S/C13H8ClFN4/c14-8-3-1-2-7(4-8)10-9(15)5-17-12-11(10)18-6-19-13(12)16/h1-6H,(H2,16,18,19). The highest BCUT2D eigenvalue weighted by Gasteiger charge is 2.14. The highest BCUT2D eigenvalue weighted by molar-refractivity contribution is 6.30. The van der Waals surface area contributed by atoms with Crippen LogP contribution in [0.2, 0.25) is 5.02 Å². The summed E-state index contributed by atoms with van der Waals surface area (Å²) >= 11 is 5.93. The number of aromatic nitrogens is 3. The summed E-state index contributed by atoms with van der Waals surface area (Å²) < 4.78 is 14.1. The van der Waals surface area contributed by atoms with Crippen molar-refractivity contribution in [3.05, 3.63) is 47.6 Å². The molecule has 0 aliphatic carbocycles. The summed E-state index contributed by atoms with van der Waals surface area (Å²) in [6.45, 7) is 0. The quantitative estimate of drug-likeness (QED) is 0.741. The maximum Gasteiger partial charge on any atom is 0.153 e. The molecular formula is C13H8ClFN4. The van der Waals surface area contributed by atoms with Gasteiger partial charge in [0.25, 0.3) is 0 Å². The van der Waals surface area contributed by atoms with E-state index in [4.69, 9.17) is 17.3 Å². The van der Waals surface area contributed by atoms with Crippen LogP contribution in [0.25, 0.3) is 22.2 Å². The van der Waals surface area contributed by atoms with E-state index in [2.05, 4.69) is 15.0 Å². The van der Waals surface area contributed by atoms with Gasteiger partial charge in [-0.15, -0.1) is 0 Å². The van der Waals surface area contributed by atoms with Crippen LogP contribution in [-0.4, -0.2) is 15.0 Å². The Morgan fingerprint density at radius 2 is 1.95 bits per heavy atom. The maximum atomic E-state index is 14.1. The first kappa shape index (κ1) is 11.8. The number of halogens is 2. The molecule has 0 bridgehead atoms. The van der Waals surface area contributed by atoms with Crippen molar-refractivity contribution >= 4 is 28.5 Å². The largest absolute Gasteiger partial charge is 0.382 e. The van der Waals surface area contributed by atoms with Gasteiger partial charge in [-0.2, -0.15) is 0 Å². The van der Waals surface area contributed by atoms with Crippen LogP contribution in [-0.2, 0) is 0 Å². The first-order chi connectivity index (χ1) is 9.16. The van der Waals surface area contributed by atoms with Crippen LogP contribution in [0.15, 0.2) is 36.8 Å². The summed E-state index contributed by atoms with van der Waals surface area (Å²) in [5.74, 6) is -0.263. The Kier molecular flexibility index (Phi) is 2.76. The minimum atomic E-state index is -0.479. The molecule has 1 aromatic carbocycles. The lowest BCUT2D eigenvalue weighted by Crippen LogP contribution is -1.98. The van der Waals surface area contributed by atoms with Crippen LogP contribution in [0.1, 0.15) is 0 Å². The Balaban J connectivity index is 2.40. The van der Waals surface area contributed by atoms with E-state index >= 15 is 0 Å². The summed E-state index contributed by atoms with van der Waals surface area (Å²) in [6.07, 6.45) is 2.39. The zero-order valence-electron chi connectivity index (χ0n) is 9.64. The smallest absolute Gasteiger partial charge is 0.153 e. The molecule has 0 saturated carbocycles. The zero-order valence-corrected chi connectivity index (χ0v) is 10.4. The van der Waals surface area contributed by atoms with Crippen molar-refractivity contribution < 1.29 is 4.39 Å². The Bertz CT molecular complexity index is 776. The van der Waals surface area contributed by atoms with E-state index in [1.807, 2.05) is 0 Å². The Morgan fingerprint density at radius 1 is 1.11 bits per heavy atom. The average molecular weight is 275 g/mol. The number of nitrogens with zero attached hydrogens (tertiary/aromatic N) is 3. The molecule has 19 heavy (non-hydrogen) atoms. The maximum absolute atomic E-state index is 14.1. The van der Waals surface area contributed by atoms with Gasteiger partial charge in [-0.3, -0.25) is 0 Å². The molecule has 2 heterocycles. The molecule has 2 aromatic heterocycles. The molecule has 0 spiro atoms. The summed E-state index contributed by atoms with van der Waals surface area (Å²) in [7, 11) is 0. The van der Waals surface area contributed by atoms with Crippen molar-refractivity contribution in [2.24, 2.45) is 0 Å². The summed E-state index contributed by atoms with van der Waals surface area (Å²) in [5.41, 5.74) is 7.41. The highest BCUT2D eigenvalue weighted by atomic mass is 35.5. The molecule has 6 heteroatoms. The number of fused-ring (bicyclic) bond motifs is 1. The number of hydrogen-bond acceptors (Lipinski definition) is 4. The Labute approximate surface area is 113 Å². The van der Waals surface area contributed by atoms with Crippen LogP contribution >= 0.6 is 11.6 Å². The number of nitrogen functional groups attached to an aromatic ring is 1. The number of nitrogens with two attached hydrogens (primary N) is 1. The fraction of sp³-hybridized carbons (Fsp3) is 0. The van der Waals surface area contributed by atoms with Gasteiger partial charge in [0.1, 0.15) is 17.4 Å². The topological polar surface area (TPSA) is 64.7 Å². The fourth-order valence-corrected chi connectivity index (χ4v) is 2.11. The molecular weight excluding hydrogens is 267 g/mol. The number of pyridine rings is 1. The molecule has 0 aliphatic heterocycles. The van der Waals surface area contributed by atoms with E-state index in [9.17, 15) is 4.39 Å². The number of benzene rings is 1. The van der Waals surface area contributed by atoms with Gasteiger partial charge >= 0.3 is 0 Å². The molecule has 0 radical (unpaired) electrons. The lowest BCUT2D eigenvalue weighted by Gasteiger charge is -2.08. The van der Waals surface area contributed by atoms with Gasteiger partial charge in [-0.05, 0) is 17.7 Å². The number of anilines is 1. The van der Waals surface area contributed by atoms with E-state index in [1.165, 1.54) is 6.33 Å². The Morgan fingerprint density at radius 3 is 2.74 bits per heavy atom. The normalized spacial score (nSPS) is 10.8. The second-order valence-electron chi connectivity index (χ2n) is 3.95. The molecule has 0 unspecified atom stereocenters. The van der Waals surface area contributed by atoms with Crippen molar-refractivity contribution in [2.75, 3.05) is 5.73 Å². The van der Waals surface area contributed by atoms with Crippen LogP contribution < -0.4 is 5.73 Å². The van der Waals surface area contributed by atoms with Gasteiger partial charge in [0.05, 0.1) is 6.20 Å². The molecule has 4 nitrogen and oxygen atoms in total. The van der Waals surface area contributed by atoms with Gasteiger partial charge in [-0.1, -0.05) is 23.7 Å². The van der Waals surface area contributed by atoms with E-state index in [-0.39, 0.29) is 5.82 Å². The molecule has 94 valence electrons. The third-order valence-corrected chi connectivity index (χ3v) is 2.98. The van der Waals surface area contributed by atoms with Crippen molar-refractivity contribution in [2.45, 2.75) is 0 Å². The van der Waals surface area contributed by atoms with Gasteiger partial charge in [0.2, 0.25) is 0 Å². The second kappa shape index (κ2) is 4.44. The van der Waals surface area contributed by atoms with Crippen molar-refractivity contribution in [1.82, 2.24) is 15.0 Å². The minimum Gasteiger partial charge on any atom is -0.382 e. The lowest BCUT2D eigenvalue weighted by molar-refractivity contribution is 0.627. The second-order valence-corrected chi connectivity index (χ2v) is 4.38. The van der Waals surface area contributed by atoms with E-state index < -0.39 is 5.82 Å². The van der Waals surface area contributed by atoms with Gasteiger partial charge in [0.15, 0.2) is 11.6 Å². The molecule has 3 rings (SSSR count). The number of rotatable bonds is 1. The monoisotopic (exact) mass is 274 g/mol. The third kappa shape index (κ3) is 1.98. The first-order valence-electron chi connectivity index (χ1n) is 5.47. The average Bonchev–Trinajstić information content (AvgIpc) is 2.38.